The normalized spacial score (nSPS) is 13.9. The Morgan fingerprint density at radius 1 is 1.00 bits per heavy atom. The van der Waals surface area contributed by atoms with E-state index in [1.165, 1.54) is 24.3 Å². The number of allylic oxidation sites excluding steroid dienone is 1. The van der Waals surface area contributed by atoms with E-state index in [0.29, 0.717) is 22.6 Å². The van der Waals surface area contributed by atoms with E-state index in [2.05, 4.69) is 0 Å². The summed E-state index contributed by atoms with van der Waals surface area (Å²) in [5, 5.41) is 0. The number of hydrogen-bond donors (Lipinski definition) is 0. The number of benzene rings is 3. The summed E-state index contributed by atoms with van der Waals surface area (Å²) in [5.74, 6) is -0.428. The summed E-state index contributed by atoms with van der Waals surface area (Å²) in [6, 6.07) is 19.7. The summed E-state index contributed by atoms with van der Waals surface area (Å²) in [4.78, 5) is 24.6. The van der Waals surface area contributed by atoms with Crippen molar-refractivity contribution in [1.29, 1.82) is 0 Å². The predicted molar refractivity (Wildman–Crippen MR) is 102 cm³/mol. The fourth-order valence-corrected chi connectivity index (χ4v) is 2.91. The van der Waals surface area contributed by atoms with Gasteiger partial charge in [-0.25, -0.2) is 4.39 Å². The highest BCUT2D eigenvalue weighted by atomic mass is 19.1. The molecule has 138 valence electrons. The molecule has 0 saturated carbocycles. The van der Waals surface area contributed by atoms with Crippen LogP contribution in [0.15, 0.2) is 78.6 Å². The maximum Gasteiger partial charge on any atom is 0.315 e. The van der Waals surface area contributed by atoms with Gasteiger partial charge in [0.05, 0.1) is 12.0 Å². The lowest BCUT2D eigenvalue weighted by molar-refractivity contribution is -0.133. The van der Waals surface area contributed by atoms with Crippen LogP contribution in [0.4, 0.5) is 4.39 Å². The van der Waals surface area contributed by atoms with Gasteiger partial charge in [0, 0.05) is 6.07 Å². The SMILES string of the molecule is O=C(Cc1ccccc1)Oc1ccc2c(c1)O/C(=C\c1cccc(F)c1)C2=O. The summed E-state index contributed by atoms with van der Waals surface area (Å²) in [6.45, 7) is 0. The van der Waals surface area contributed by atoms with Crippen LogP contribution in [-0.4, -0.2) is 11.8 Å². The van der Waals surface area contributed by atoms with Crippen molar-refractivity contribution in [1.82, 2.24) is 0 Å². The number of hydrogen-bond acceptors (Lipinski definition) is 4. The van der Waals surface area contributed by atoms with Crippen LogP contribution in [0.2, 0.25) is 0 Å². The fourth-order valence-electron chi connectivity index (χ4n) is 2.91. The van der Waals surface area contributed by atoms with Crippen LogP contribution >= 0.6 is 0 Å². The highest BCUT2D eigenvalue weighted by Gasteiger charge is 2.28. The molecular weight excluding hydrogens is 359 g/mol. The van der Waals surface area contributed by atoms with Gasteiger partial charge in [0.25, 0.3) is 0 Å². The van der Waals surface area contributed by atoms with Gasteiger partial charge in [-0.15, -0.1) is 0 Å². The van der Waals surface area contributed by atoms with Crippen molar-refractivity contribution < 1.29 is 23.5 Å². The Bertz CT molecular complexity index is 1090. The number of carbonyl (C=O) groups excluding carboxylic acids is 2. The number of ether oxygens (including phenoxy) is 2. The van der Waals surface area contributed by atoms with Crippen LogP contribution in [0.1, 0.15) is 21.5 Å². The molecule has 0 spiro atoms. The molecule has 0 bridgehead atoms. The highest BCUT2D eigenvalue weighted by Crippen LogP contribution is 2.35. The van der Waals surface area contributed by atoms with Crippen molar-refractivity contribution in [2.24, 2.45) is 0 Å². The Morgan fingerprint density at radius 2 is 1.82 bits per heavy atom. The van der Waals surface area contributed by atoms with Crippen LogP contribution in [0.5, 0.6) is 11.5 Å². The number of halogens is 1. The minimum absolute atomic E-state index is 0.0911. The van der Waals surface area contributed by atoms with E-state index in [4.69, 9.17) is 9.47 Å². The molecule has 0 amide bonds. The lowest BCUT2D eigenvalue weighted by atomic mass is 10.1. The molecule has 4 rings (SSSR count). The van der Waals surface area contributed by atoms with Crippen LogP contribution < -0.4 is 9.47 Å². The van der Waals surface area contributed by atoms with Crippen molar-refractivity contribution in [3.8, 4) is 11.5 Å². The smallest absolute Gasteiger partial charge is 0.315 e. The second kappa shape index (κ2) is 7.48. The topological polar surface area (TPSA) is 52.6 Å². The molecule has 0 fully saturated rings. The molecule has 0 aromatic heterocycles. The summed E-state index contributed by atoms with van der Waals surface area (Å²) < 4.78 is 24.3. The second-order valence-electron chi connectivity index (χ2n) is 6.29. The minimum Gasteiger partial charge on any atom is -0.452 e. The molecule has 3 aromatic rings. The maximum absolute atomic E-state index is 13.3. The zero-order valence-electron chi connectivity index (χ0n) is 14.7. The molecule has 3 aromatic carbocycles. The largest absolute Gasteiger partial charge is 0.452 e. The van der Waals surface area contributed by atoms with Crippen molar-refractivity contribution in [3.63, 3.8) is 0 Å². The summed E-state index contributed by atoms with van der Waals surface area (Å²) >= 11 is 0. The molecule has 4 nitrogen and oxygen atoms in total. The zero-order valence-corrected chi connectivity index (χ0v) is 14.7. The standard InChI is InChI=1S/C23H15FO4/c24-17-8-4-7-16(11-17)12-21-23(26)19-10-9-18(14-20(19)28-21)27-22(25)13-15-5-2-1-3-6-15/h1-12,14H,13H2/b21-12-. The Labute approximate surface area is 160 Å². The number of esters is 1. The average Bonchev–Trinajstić information content (AvgIpc) is 2.97. The van der Waals surface area contributed by atoms with E-state index < -0.39 is 11.8 Å². The van der Waals surface area contributed by atoms with Gasteiger partial charge in [-0.2, -0.15) is 0 Å². The summed E-state index contributed by atoms with van der Waals surface area (Å²) in [5.41, 5.74) is 1.73. The third kappa shape index (κ3) is 3.83. The molecule has 0 unspecified atom stereocenters. The van der Waals surface area contributed by atoms with Gasteiger partial charge in [-0.05, 0) is 41.5 Å². The zero-order chi connectivity index (χ0) is 19.5. The minimum atomic E-state index is -0.411. The van der Waals surface area contributed by atoms with Crippen molar-refractivity contribution in [3.05, 3.63) is 101 Å². The van der Waals surface area contributed by atoms with Gasteiger partial charge in [0.2, 0.25) is 5.78 Å². The van der Waals surface area contributed by atoms with E-state index in [0.717, 1.165) is 5.56 Å². The van der Waals surface area contributed by atoms with Crippen molar-refractivity contribution in [2.75, 3.05) is 0 Å². The molecule has 0 aliphatic carbocycles. The van der Waals surface area contributed by atoms with E-state index in [1.54, 1.807) is 24.3 Å². The number of rotatable bonds is 4. The van der Waals surface area contributed by atoms with E-state index in [1.807, 2.05) is 30.3 Å². The first-order valence-electron chi connectivity index (χ1n) is 8.67. The number of Topliss-reactive ketones (excluding diaryl/α,β-unsaturated/α-hetero) is 1. The molecule has 1 aliphatic rings. The lowest BCUT2D eigenvalue weighted by Crippen LogP contribution is -2.11. The number of fused-ring (bicyclic) bond motifs is 1. The maximum atomic E-state index is 13.3. The molecular formula is C23H15FO4. The molecule has 1 aliphatic heterocycles. The van der Waals surface area contributed by atoms with Crippen LogP contribution in [0.3, 0.4) is 0 Å². The Kier molecular flexibility index (Phi) is 4.72. The monoisotopic (exact) mass is 374 g/mol. The Hall–Kier alpha value is -3.73. The first kappa shape index (κ1) is 17.7. The number of ketones is 1. The molecule has 1 heterocycles. The molecule has 5 heteroatoms. The van der Waals surface area contributed by atoms with Crippen LogP contribution in [0.25, 0.3) is 6.08 Å². The van der Waals surface area contributed by atoms with Gasteiger partial charge in [0.1, 0.15) is 17.3 Å². The summed E-state index contributed by atoms with van der Waals surface area (Å²) in [7, 11) is 0. The quantitative estimate of drug-likeness (QED) is 0.381. The number of carbonyl (C=O) groups is 2. The van der Waals surface area contributed by atoms with Crippen LogP contribution in [-0.2, 0) is 11.2 Å². The van der Waals surface area contributed by atoms with E-state index in [-0.39, 0.29) is 18.0 Å². The first-order valence-corrected chi connectivity index (χ1v) is 8.67. The molecule has 28 heavy (non-hydrogen) atoms. The van der Waals surface area contributed by atoms with Gasteiger partial charge < -0.3 is 9.47 Å². The van der Waals surface area contributed by atoms with Crippen molar-refractivity contribution in [2.45, 2.75) is 6.42 Å². The van der Waals surface area contributed by atoms with Gasteiger partial charge in [0.15, 0.2) is 5.76 Å². The predicted octanol–water partition coefficient (Wildman–Crippen LogP) is 4.59. The average molecular weight is 374 g/mol. The van der Waals surface area contributed by atoms with Gasteiger partial charge >= 0.3 is 5.97 Å². The summed E-state index contributed by atoms with van der Waals surface area (Å²) in [6.07, 6.45) is 1.62. The third-order valence-electron chi connectivity index (χ3n) is 4.21. The third-order valence-corrected chi connectivity index (χ3v) is 4.21. The Balaban J connectivity index is 1.50. The van der Waals surface area contributed by atoms with Crippen LogP contribution in [0, 0.1) is 5.82 Å². The molecule has 0 N–H and O–H groups in total. The van der Waals surface area contributed by atoms with Gasteiger partial charge in [-0.3, -0.25) is 9.59 Å². The molecule has 0 saturated heterocycles. The fraction of sp³-hybridized carbons (Fsp3) is 0.0435. The van der Waals surface area contributed by atoms with E-state index >= 15 is 0 Å². The van der Waals surface area contributed by atoms with E-state index in [9.17, 15) is 14.0 Å². The molecule has 0 atom stereocenters. The first-order chi connectivity index (χ1) is 13.6. The second-order valence-corrected chi connectivity index (χ2v) is 6.29. The Morgan fingerprint density at radius 3 is 2.61 bits per heavy atom. The highest BCUT2D eigenvalue weighted by molar-refractivity contribution is 6.14. The van der Waals surface area contributed by atoms with Gasteiger partial charge in [-0.1, -0.05) is 42.5 Å². The van der Waals surface area contributed by atoms with Crippen molar-refractivity contribution >= 4 is 17.8 Å². The lowest BCUT2D eigenvalue weighted by Gasteiger charge is -2.05. The molecule has 0 radical (unpaired) electrons.